The fourth-order valence-electron chi connectivity index (χ4n) is 4.41. The number of fused-ring (bicyclic) bond motifs is 2. The Morgan fingerprint density at radius 3 is 2.87 bits per heavy atom. The van der Waals surface area contributed by atoms with Crippen LogP contribution in [-0.2, 0) is 16.1 Å². The van der Waals surface area contributed by atoms with Gasteiger partial charge in [-0.25, -0.2) is 9.50 Å². The SMILES string of the molecule is COCC(=O)Nc1cn2nc(-c3cc(C)c4c(c3)CN([C@@H](C)C3CC3)C4=O)ccc2n1. The number of amides is 2. The number of aromatic nitrogens is 3. The summed E-state index contributed by atoms with van der Waals surface area (Å²) >= 11 is 0. The molecule has 1 fully saturated rings. The van der Waals surface area contributed by atoms with Gasteiger partial charge in [0.15, 0.2) is 11.5 Å². The molecule has 1 aromatic carbocycles. The van der Waals surface area contributed by atoms with Crippen LogP contribution in [0.1, 0.15) is 41.3 Å². The summed E-state index contributed by atoms with van der Waals surface area (Å²) in [5.74, 6) is 0.942. The van der Waals surface area contributed by atoms with Crippen molar-refractivity contribution in [3.05, 3.63) is 47.2 Å². The van der Waals surface area contributed by atoms with Gasteiger partial charge in [0.25, 0.3) is 11.8 Å². The van der Waals surface area contributed by atoms with Crippen molar-refractivity contribution in [3.8, 4) is 11.3 Å². The van der Waals surface area contributed by atoms with Gasteiger partial charge in [0.05, 0.1) is 11.9 Å². The molecular formula is C23H25N5O3. The lowest BCUT2D eigenvalue weighted by molar-refractivity contribution is -0.119. The molecule has 0 bridgehead atoms. The highest BCUT2D eigenvalue weighted by atomic mass is 16.5. The number of aryl methyl sites for hydroxylation is 1. The predicted molar refractivity (Wildman–Crippen MR) is 116 cm³/mol. The fraction of sp³-hybridized carbons (Fsp3) is 0.391. The van der Waals surface area contributed by atoms with Gasteiger partial charge >= 0.3 is 0 Å². The summed E-state index contributed by atoms with van der Waals surface area (Å²) in [6, 6.07) is 8.16. The summed E-state index contributed by atoms with van der Waals surface area (Å²) in [7, 11) is 1.47. The molecule has 2 aromatic heterocycles. The number of carbonyl (C=O) groups excluding carboxylic acids is 2. The molecule has 160 valence electrons. The summed E-state index contributed by atoms with van der Waals surface area (Å²) < 4.78 is 6.48. The number of rotatable bonds is 6. The normalized spacial score (nSPS) is 16.6. The van der Waals surface area contributed by atoms with E-state index in [2.05, 4.69) is 28.4 Å². The molecule has 1 aliphatic carbocycles. The van der Waals surface area contributed by atoms with Gasteiger partial charge in [0, 0.05) is 30.8 Å². The smallest absolute Gasteiger partial charge is 0.255 e. The van der Waals surface area contributed by atoms with E-state index in [0.29, 0.717) is 23.9 Å². The fourth-order valence-corrected chi connectivity index (χ4v) is 4.41. The number of carbonyl (C=O) groups is 2. The highest BCUT2D eigenvalue weighted by Gasteiger charge is 2.39. The number of ether oxygens (including phenoxy) is 1. The zero-order chi connectivity index (χ0) is 21.7. The maximum Gasteiger partial charge on any atom is 0.255 e. The van der Waals surface area contributed by atoms with E-state index in [1.165, 1.54) is 20.0 Å². The van der Waals surface area contributed by atoms with E-state index in [1.54, 1.807) is 10.7 Å². The van der Waals surface area contributed by atoms with Gasteiger partial charge < -0.3 is 15.0 Å². The van der Waals surface area contributed by atoms with Crippen molar-refractivity contribution in [2.75, 3.05) is 19.0 Å². The van der Waals surface area contributed by atoms with Crippen LogP contribution in [0.25, 0.3) is 16.9 Å². The summed E-state index contributed by atoms with van der Waals surface area (Å²) in [6.07, 6.45) is 4.11. The standard InChI is InChI=1S/C23H25N5O3/c1-13-8-16(9-17-10-27(23(30)22(13)17)14(2)15-4-5-15)18-6-7-20-24-19(11-28(20)26-18)25-21(29)12-31-3/h6-9,11,14-15H,4-5,10,12H2,1-3H3,(H,25,29)/t14-/m0/s1. The van der Waals surface area contributed by atoms with Crippen molar-refractivity contribution >= 4 is 23.3 Å². The van der Waals surface area contributed by atoms with Crippen LogP contribution in [0.5, 0.6) is 0 Å². The molecule has 0 saturated heterocycles. The van der Waals surface area contributed by atoms with Gasteiger partial charge in [-0.3, -0.25) is 9.59 Å². The van der Waals surface area contributed by atoms with Crippen LogP contribution in [0.15, 0.2) is 30.5 Å². The maximum absolute atomic E-state index is 13.0. The van der Waals surface area contributed by atoms with Gasteiger partial charge in [-0.15, -0.1) is 0 Å². The van der Waals surface area contributed by atoms with Gasteiger partial charge in [-0.2, -0.15) is 5.10 Å². The maximum atomic E-state index is 13.0. The Morgan fingerprint density at radius 2 is 2.13 bits per heavy atom. The van der Waals surface area contributed by atoms with Crippen LogP contribution in [0, 0.1) is 12.8 Å². The van der Waals surface area contributed by atoms with Gasteiger partial charge in [-0.05, 0) is 68.0 Å². The second-order valence-corrected chi connectivity index (χ2v) is 8.47. The molecule has 1 N–H and O–H groups in total. The minimum atomic E-state index is -0.268. The summed E-state index contributed by atoms with van der Waals surface area (Å²) in [4.78, 5) is 31.1. The molecule has 0 unspecified atom stereocenters. The van der Waals surface area contributed by atoms with Crippen molar-refractivity contribution in [2.45, 2.75) is 39.3 Å². The molecule has 1 atom stereocenters. The first-order valence-corrected chi connectivity index (χ1v) is 10.5. The third kappa shape index (κ3) is 3.57. The summed E-state index contributed by atoms with van der Waals surface area (Å²) in [5.41, 5.74) is 5.25. The molecule has 8 nitrogen and oxygen atoms in total. The summed E-state index contributed by atoms with van der Waals surface area (Å²) in [6.45, 7) is 4.78. The van der Waals surface area contributed by atoms with E-state index in [1.807, 2.05) is 30.0 Å². The second-order valence-electron chi connectivity index (χ2n) is 8.47. The average Bonchev–Trinajstić information content (AvgIpc) is 3.42. The zero-order valence-corrected chi connectivity index (χ0v) is 17.9. The number of hydrogen-bond donors (Lipinski definition) is 1. The van der Waals surface area contributed by atoms with Crippen LogP contribution in [0.3, 0.4) is 0 Å². The molecule has 8 heteroatoms. The Balaban J connectivity index is 1.44. The van der Waals surface area contributed by atoms with Crippen molar-refractivity contribution in [1.29, 1.82) is 0 Å². The second kappa shape index (κ2) is 7.46. The minimum absolute atomic E-state index is 0.0317. The largest absolute Gasteiger partial charge is 0.375 e. The van der Waals surface area contributed by atoms with E-state index in [4.69, 9.17) is 4.74 Å². The van der Waals surface area contributed by atoms with Crippen LogP contribution >= 0.6 is 0 Å². The molecule has 3 heterocycles. The molecule has 1 aliphatic heterocycles. The van der Waals surface area contributed by atoms with Gasteiger partial charge in [-0.1, -0.05) is 0 Å². The number of imidazole rings is 1. The number of hydrogen-bond acceptors (Lipinski definition) is 5. The number of benzene rings is 1. The minimum Gasteiger partial charge on any atom is -0.375 e. The molecule has 31 heavy (non-hydrogen) atoms. The summed E-state index contributed by atoms with van der Waals surface area (Å²) in [5, 5.41) is 7.36. The number of nitrogens with one attached hydrogen (secondary N) is 1. The highest BCUT2D eigenvalue weighted by Crippen LogP contribution is 2.39. The molecule has 3 aromatic rings. The molecule has 0 spiro atoms. The molecule has 5 rings (SSSR count). The first kappa shape index (κ1) is 19.7. The van der Waals surface area contributed by atoms with Gasteiger partial charge in [0.2, 0.25) is 0 Å². The zero-order valence-electron chi connectivity index (χ0n) is 17.9. The van der Waals surface area contributed by atoms with E-state index in [9.17, 15) is 9.59 Å². The van der Waals surface area contributed by atoms with Crippen molar-refractivity contribution in [3.63, 3.8) is 0 Å². The highest BCUT2D eigenvalue weighted by molar-refractivity contribution is 6.00. The molecule has 1 saturated carbocycles. The van der Waals surface area contributed by atoms with Crippen molar-refractivity contribution in [2.24, 2.45) is 5.92 Å². The lowest BCUT2D eigenvalue weighted by atomic mass is 9.99. The van der Waals surface area contributed by atoms with Crippen LogP contribution in [0.4, 0.5) is 5.82 Å². The average molecular weight is 419 g/mol. The lowest BCUT2D eigenvalue weighted by Gasteiger charge is -2.24. The Kier molecular flexibility index (Phi) is 4.74. The monoisotopic (exact) mass is 419 g/mol. The van der Waals surface area contributed by atoms with Gasteiger partial charge in [0.1, 0.15) is 6.61 Å². The third-order valence-electron chi connectivity index (χ3n) is 6.19. The van der Waals surface area contributed by atoms with E-state index in [-0.39, 0.29) is 24.5 Å². The lowest BCUT2D eigenvalue weighted by Crippen LogP contribution is -2.34. The van der Waals surface area contributed by atoms with E-state index >= 15 is 0 Å². The number of nitrogens with zero attached hydrogens (tertiary/aromatic N) is 4. The molecule has 2 amide bonds. The first-order chi connectivity index (χ1) is 14.9. The Hall–Kier alpha value is -3.26. The van der Waals surface area contributed by atoms with Crippen molar-refractivity contribution in [1.82, 2.24) is 19.5 Å². The molecular weight excluding hydrogens is 394 g/mol. The molecule has 2 aliphatic rings. The van der Waals surface area contributed by atoms with E-state index in [0.717, 1.165) is 27.9 Å². The number of anilines is 1. The topological polar surface area (TPSA) is 88.8 Å². The van der Waals surface area contributed by atoms with E-state index < -0.39 is 0 Å². The first-order valence-electron chi connectivity index (χ1n) is 10.5. The molecule has 0 radical (unpaired) electrons. The Morgan fingerprint density at radius 1 is 1.32 bits per heavy atom. The predicted octanol–water partition coefficient (Wildman–Crippen LogP) is 3.04. The quantitative estimate of drug-likeness (QED) is 0.663. The number of methoxy groups -OCH3 is 1. The van der Waals surface area contributed by atoms with Crippen LogP contribution < -0.4 is 5.32 Å². The van der Waals surface area contributed by atoms with Crippen molar-refractivity contribution < 1.29 is 14.3 Å². The Bertz CT molecular complexity index is 1200. The third-order valence-corrected chi connectivity index (χ3v) is 6.19. The van der Waals surface area contributed by atoms with Crippen LogP contribution in [0.2, 0.25) is 0 Å². The Labute approximate surface area is 180 Å². The van der Waals surface area contributed by atoms with Crippen LogP contribution in [-0.4, -0.2) is 51.1 Å².